The molecule has 0 spiro atoms. The van der Waals surface area contributed by atoms with Gasteiger partial charge in [-0.3, -0.25) is 4.79 Å². The van der Waals surface area contributed by atoms with Crippen LogP contribution in [0.4, 0.5) is 9.18 Å². The molecular weight excluding hydrogens is 373 g/mol. The average molecular weight is 397 g/mol. The molecule has 29 heavy (non-hydrogen) atoms. The Labute approximate surface area is 169 Å². The Morgan fingerprint density at radius 3 is 2.52 bits per heavy atom. The maximum Gasteiger partial charge on any atom is 0.320 e. The molecule has 3 atom stereocenters. The Hall–Kier alpha value is -3.03. The summed E-state index contributed by atoms with van der Waals surface area (Å²) in [5.41, 5.74) is 1.22. The van der Waals surface area contributed by atoms with Crippen molar-refractivity contribution in [2.24, 2.45) is 11.8 Å². The summed E-state index contributed by atoms with van der Waals surface area (Å²) >= 11 is 0. The summed E-state index contributed by atoms with van der Waals surface area (Å²) in [7, 11) is 3.43. The molecule has 0 aliphatic carbocycles. The number of amides is 3. The molecule has 0 N–H and O–H groups in total. The third-order valence-electron chi connectivity index (χ3n) is 5.80. The molecule has 2 aliphatic rings. The molecule has 3 heterocycles. The summed E-state index contributed by atoms with van der Waals surface area (Å²) in [4.78, 5) is 39.1. The summed E-state index contributed by atoms with van der Waals surface area (Å²) < 4.78 is 13.9. The van der Waals surface area contributed by atoms with E-state index in [1.54, 1.807) is 54.2 Å². The summed E-state index contributed by atoms with van der Waals surface area (Å²) in [6, 6.07) is 6.04. The van der Waals surface area contributed by atoms with Gasteiger partial charge in [-0.25, -0.2) is 19.2 Å². The minimum Gasteiger partial charge on any atom is -0.338 e. The van der Waals surface area contributed by atoms with Gasteiger partial charge in [0, 0.05) is 58.0 Å². The number of nitrogens with zero attached hydrogens (tertiary/aromatic N) is 5. The molecule has 7 nitrogen and oxygen atoms in total. The first-order valence-electron chi connectivity index (χ1n) is 9.66. The molecule has 2 saturated heterocycles. The van der Waals surface area contributed by atoms with Crippen molar-refractivity contribution in [1.29, 1.82) is 0 Å². The second kappa shape index (κ2) is 7.42. The number of benzene rings is 1. The summed E-state index contributed by atoms with van der Waals surface area (Å²) in [5, 5.41) is 0. The number of halogens is 1. The first kappa shape index (κ1) is 19.3. The van der Waals surface area contributed by atoms with Crippen LogP contribution in [0.3, 0.4) is 0 Å². The van der Waals surface area contributed by atoms with E-state index < -0.39 is 0 Å². The fourth-order valence-electron chi connectivity index (χ4n) is 4.47. The van der Waals surface area contributed by atoms with E-state index in [9.17, 15) is 14.0 Å². The van der Waals surface area contributed by atoms with Gasteiger partial charge in [-0.1, -0.05) is 12.1 Å². The van der Waals surface area contributed by atoms with Crippen molar-refractivity contribution in [3.63, 3.8) is 0 Å². The van der Waals surface area contributed by atoms with E-state index in [0.29, 0.717) is 31.0 Å². The van der Waals surface area contributed by atoms with Crippen molar-refractivity contribution >= 4 is 11.9 Å². The Kier molecular flexibility index (Phi) is 4.94. The Morgan fingerprint density at radius 1 is 1.14 bits per heavy atom. The maximum atomic E-state index is 13.9. The van der Waals surface area contributed by atoms with E-state index in [1.165, 1.54) is 12.1 Å². The van der Waals surface area contributed by atoms with Crippen LogP contribution in [-0.2, 0) is 0 Å². The quantitative estimate of drug-likeness (QED) is 0.780. The highest BCUT2D eigenvalue weighted by Crippen LogP contribution is 2.45. The van der Waals surface area contributed by atoms with Crippen LogP contribution < -0.4 is 0 Å². The van der Waals surface area contributed by atoms with Gasteiger partial charge in [0.2, 0.25) is 0 Å². The molecule has 8 heteroatoms. The van der Waals surface area contributed by atoms with E-state index in [1.807, 2.05) is 6.07 Å². The highest BCUT2D eigenvalue weighted by Gasteiger charge is 2.50. The SMILES string of the molecule is Cc1ncc(C(=O)N2C[C@@H]3CN(C(=O)N(C)C)[C@@H](c4cccc(F)c4)[C@@H]3C2)cn1. The number of likely N-dealkylation sites (tertiary alicyclic amines) is 2. The minimum atomic E-state index is -0.328. The van der Waals surface area contributed by atoms with E-state index in [-0.39, 0.29) is 35.6 Å². The molecule has 1 aromatic carbocycles. The number of carbonyl (C=O) groups excluding carboxylic acids is 2. The molecule has 4 rings (SSSR count). The molecule has 0 bridgehead atoms. The molecule has 0 unspecified atom stereocenters. The molecule has 152 valence electrons. The molecule has 2 fully saturated rings. The highest BCUT2D eigenvalue weighted by atomic mass is 19.1. The van der Waals surface area contributed by atoms with Gasteiger partial charge in [-0.15, -0.1) is 0 Å². The zero-order valence-electron chi connectivity index (χ0n) is 16.7. The van der Waals surface area contributed by atoms with Gasteiger partial charge in [-0.05, 0) is 24.6 Å². The van der Waals surface area contributed by atoms with Gasteiger partial charge in [-0.2, -0.15) is 0 Å². The lowest BCUT2D eigenvalue weighted by Gasteiger charge is -2.31. The predicted octanol–water partition coefficient (Wildman–Crippen LogP) is 2.35. The van der Waals surface area contributed by atoms with Crippen LogP contribution in [0.5, 0.6) is 0 Å². The third-order valence-corrected chi connectivity index (χ3v) is 5.80. The number of aryl methyl sites for hydroxylation is 1. The van der Waals surface area contributed by atoms with Crippen LogP contribution in [-0.4, -0.2) is 70.3 Å². The van der Waals surface area contributed by atoms with Crippen molar-refractivity contribution in [3.8, 4) is 0 Å². The van der Waals surface area contributed by atoms with Crippen LogP contribution in [0.1, 0.15) is 27.8 Å². The van der Waals surface area contributed by atoms with Gasteiger partial charge >= 0.3 is 6.03 Å². The lowest BCUT2D eigenvalue weighted by Crippen LogP contribution is -2.42. The number of aromatic nitrogens is 2. The molecule has 3 amide bonds. The first-order valence-corrected chi connectivity index (χ1v) is 9.66. The number of hydrogen-bond donors (Lipinski definition) is 0. The second-order valence-electron chi connectivity index (χ2n) is 7.98. The molecule has 0 radical (unpaired) electrons. The summed E-state index contributed by atoms with van der Waals surface area (Å²) in [5.74, 6) is 0.371. The van der Waals surface area contributed by atoms with Crippen molar-refractivity contribution < 1.29 is 14.0 Å². The van der Waals surface area contributed by atoms with Crippen LogP contribution in [0, 0.1) is 24.6 Å². The van der Waals surface area contributed by atoms with E-state index in [0.717, 1.165) is 5.56 Å². The van der Waals surface area contributed by atoms with Crippen LogP contribution in [0.25, 0.3) is 0 Å². The Morgan fingerprint density at radius 2 is 1.86 bits per heavy atom. The molecule has 2 aliphatic heterocycles. The van der Waals surface area contributed by atoms with Crippen molar-refractivity contribution in [2.75, 3.05) is 33.7 Å². The summed E-state index contributed by atoms with van der Waals surface area (Å²) in [6.45, 7) is 3.38. The highest BCUT2D eigenvalue weighted by molar-refractivity contribution is 5.93. The number of fused-ring (bicyclic) bond motifs is 1. The monoisotopic (exact) mass is 397 g/mol. The average Bonchev–Trinajstić information content (AvgIpc) is 3.25. The van der Waals surface area contributed by atoms with Crippen molar-refractivity contribution in [2.45, 2.75) is 13.0 Å². The van der Waals surface area contributed by atoms with Gasteiger partial charge < -0.3 is 14.7 Å². The molecule has 0 saturated carbocycles. The Balaban J connectivity index is 1.61. The van der Waals surface area contributed by atoms with Gasteiger partial charge in [0.1, 0.15) is 11.6 Å². The molecule has 1 aromatic heterocycles. The van der Waals surface area contributed by atoms with Gasteiger partial charge in [0.25, 0.3) is 5.91 Å². The maximum absolute atomic E-state index is 13.9. The number of rotatable bonds is 2. The lowest BCUT2D eigenvalue weighted by molar-refractivity contribution is 0.0765. The predicted molar refractivity (Wildman–Crippen MR) is 105 cm³/mol. The second-order valence-corrected chi connectivity index (χ2v) is 7.98. The largest absolute Gasteiger partial charge is 0.338 e. The standard InChI is InChI=1S/C21H24FN5O2/c1-13-23-8-15(9-24-13)20(28)26-10-16-11-27(21(29)25(2)3)19(18(16)12-26)14-5-4-6-17(22)7-14/h4-9,16,18-19H,10-12H2,1-3H3/t16-,18-,19+/m1/s1. The van der Waals surface area contributed by atoms with Crippen molar-refractivity contribution in [3.05, 3.63) is 59.4 Å². The zero-order valence-corrected chi connectivity index (χ0v) is 16.7. The van der Waals surface area contributed by atoms with Crippen LogP contribution in [0.2, 0.25) is 0 Å². The molecular formula is C21H24FN5O2. The van der Waals surface area contributed by atoms with E-state index in [4.69, 9.17) is 0 Å². The topological polar surface area (TPSA) is 69.6 Å². The molecule has 2 aromatic rings. The van der Waals surface area contributed by atoms with Gasteiger partial charge in [0.05, 0.1) is 11.6 Å². The van der Waals surface area contributed by atoms with Crippen LogP contribution in [0.15, 0.2) is 36.7 Å². The van der Waals surface area contributed by atoms with Gasteiger partial charge in [0.15, 0.2) is 0 Å². The number of hydrogen-bond acceptors (Lipinski definition) is 4. The lowest BCUT2D eigenvalue weighted by atomic mass is 9.89. The van der Waals surface area contributed by atoms with Crippen LogP contribution >= 0.6 is 0 Å². The zero-order chi connectivity index (χ0) is 20.7. The normalized spacial score (nSPS) is 23.2. The van der Waals surface area contributed by atoms with E-state index >= 15 is 0 Å². The smallest absolute Gasteiger partial charge is 0.320 e. The number of carbonyl (C=O) groups is 2. The minimum absolute atomic E-state index is 0.0519. The van der Waals surface area contributed by atoms with Crippen molar-refractivity contribution in [1.82, 2.24) is 24.7 Å². The third kappa shape index (κ3) is 3.54. The van der Waals surface area contributed by atoms with E-state index in [2.05, 4.69) is 9.97 Å². The fourth-order valence-corrected chi connectivity index (χ4v) is 4.47. The fraction of sp³-hybridized carbons (Fsp3) is 0.429. The first-order chi connectivity index (χ1) is 13.8. The Bertz CT molecular complexity index is 933. The number of urea groups is 1. The summed E-state index contributed by atoms with van der Waals surface area (Å²) in [6.07, 6.45) is 3.09.